The average molecular weight is 209 g/mol. The van der Waals surface area contributed by atoms with E-state index < -0.39 is 0 Å². The summed E-state index contributed by atoms with van der Waals surface area (Å²) in [6.45, 7) is 7.16. The molecule has 0 spiro atoms. The van der Waals surface area contributed by atoms with Crippen molar-refractivity contribution in [1.29, 1.82) is 0 Å². The van der Waals surface area contributed by atoms with Crippen LogP contribution < -0.4 is 5.73 Å². The number of ether oxygens (including phenoxy) is 1. The number of methoxy groups -OCH3 is 1. The van der Waals surface area contributed by atoms with Crippen molar-refractivity contribution in [2.24, 2.45) is 5.73 Å². The maximum Gasteiger partial charge on any atom is 0.154 e. The molecule has 0 aliphatic rings. The third-order valence-electron chi connectivity index (χ3n) is 2.49. The second-order valence-corrected chi connectivity index (χ2v) is 3.79. The van der Waals surface area contributed by atoms with Crippen molar-refractivity contribution < 1.29 is 4.74 Å². The maximum absolute atomic E-state index is 5.66. The predicted octanol–water partition coefficient (Wildman–Crippen LogP) is 1.30. The highest BCUT2D eigenvalue weighted by atomic mass is 16.5. The zero-order chi connectivity index (χ0) is 11.4. The van der Waals surface area contributed by atoms with Crippen LogP contribution in [-0.2, 0) is 11.3 Å². The summed E-state index contributed by atoms with van der Waals surface area (Å²) >= 11 is 0. The Hall–Kier alpha value is -1.00. The van der Waals surface area contributed by atoms with Gasteiger partial charge in [0, 0.05) is 18.5 Å². The molecule has 0 radical (unpaired) electrons. The minimum atomic E-state index is 0.307. The van der Waals surface area contributed by atoms with E-state index in [0.717, 1.165) is 22.8 Å². The van der Waals surface area contributed by atoms with Crippen LogP contribution in [-0.4, -0.2) is 23.6 Å². The minimum Gasteiger partial charge on any atom is -0.377 e. The molecule has 1 aromatic heterocycles. The highest BCUT2D eigenvalue weighted by molar-refractivity contribution is 5.28. The van der Waals surface area contributed by atoms with E-state index in [9.17, 15) is 0 Å². The Morgan fingerprint density at radius 1 is 1.27 bits per heavy atom. The molecule has 15 heavy (non-hydrogen) atoms. The van der Waals surface area contributed by atoms with Crippen molar-refractivity contribution in [3.63, 3.8) is 0 Å². The summed E-state index contributed by atoms with van der Waals surface area (Å²) in [5.41, 5.74) is 8.84. The maximum atomic E-state index is 5.66. The molecule has 0 saturated carbocycles. The van der Waals surface area contributed by atoms with Gasteiger partial charge in [-0.3, -0.25) is 0 Å². The summed E-state index contributed by atoms with van der Waals surface area (Å²) in [5, 5.41) is 0. The molecule has 1 atom stereocenters. The summed E-state index contributed by atoms with van der Waals surface area (Å²) in [6.07, 6.45) is 0. The monoisotopic (exact) mass is 209 g/mol. The van der Waals surface area contributed by atoms with Gasteiger partial charge in [0.05, 0.1) is 0 Å². The number of hydrogen-bond acceptors (Lipinski definition) is 4. The van der Waals surface area contributed by atoms with Crippen LogP contribution in [0.25, 0.3) is 0 Å². The van der Waals surface area contributed by atoms with E-state index in [1.807, 2.05) is 13.8 Å². The van der Waals surface area contributed by atoms with Crippen LogP contribution in [0, 0.1) is 13.8 Å². The third-order valence-corrected chi connectivity index (χ3v) is 2.49. The standard InChI is InChI=1S/C11H19N3O/c1-7(5-12)11-8(2)13-10(6-15-4)14-9(11)3/h7H,5-6,12H2,1-4H3. The van der Waals surface area contributed by atoms with Crippen LogP contribution in [0.2, 0.25) is 0 Å². The van der Waals surface area contributed by atoms with Gasteiger partial charge >= 0.3 is 0 Å². The van der Waals surface area contributed by atoms with Gasteiger partial charge in [-0.05, 0) is 31.9 Å². The molecule has 84 valence electrons. The molecule has 1 aromatic rings. The molecular weight excluding hydrogens is 190 g/mol. The number of rotatable bonds is 4. The van der Waals surface area contributed by atoms with Crippen molar-refractivity contribution in [3.05, 3.63) is 22.8 Å². The van der Waals surface area contributed by atoms with Crippen LogP contribution in [0.3, 0.4) is 0 Å². The quantitative estimate of drug-likeness (QED) is 0.812. The molecule has 0 fully saturated rings. The van der Waals surface area contributed by atoms with E-state index in [-0.39, 0.29) is 0 Å². The van der Waals surface area contributed by atoms with E-state index in [0.29, 0.717) is 19.1 Å². The van der Waals surface area contributed by atoms with Crippen LogP contribution >= 0.6 is 0 Å². The first-order chi connectivity index (χ1) is 7.10. The van der Waals surface area contributed by atoms with Crippen LogP contribution in [0.1, 0.15) is 35.6 Å². The molecule has 0 saturated heterocycles. The second kappa shape index (κ2) is 5.19. The predicted molar refractivity (Wildman–Crippen MR) is 59.7 cm³/mol. The van der Waals surface area contributed by atoms with Gasteiger partial charge in [0.2, 0.25) is 0 Å². The Bertz CT molecular complexity index is 316. The first kappa shape index (κ1) is 12.1. The highest BCUT2D eigenvalue weighted by Crippen LogP contribution is 2.20. The van der Waals surface area contributed by atoms with Gasteiger partial charge in [0.1, 0.15) is 6.61 Å². The number of nitrogens with two attached hydrogens (primary N) is 1. The van der Waals surface area contributed by atoms with Gasteiger partial charge in [-0.25, -0.2) is 9.97 Å². The molecule has 0 aliphatic heterocycles. The summed E-state index contributed by atoms with van der Waals surface area (Å²) < 4.78 is 5.01. The normalized spacial score (nSPS) is 12.9. The Kier molecular flexibility index (Phi) is 4.17. The van der Waals surface area contributed by atoms with E-state index in [1.54, 1.807) is 7.11 Å². The Morgan fingerprint density at radius 3 is 2.20 bits per heavy atom. The average Bonchev–Trinajstić information content (AvgIpc) is 2.16. The van der Waals surface area contributed by atoms with Gasteiger partial charge in [-0.2, -0.15) is 0 Å². The van der Waals surface area contributed by atoms with Crippen molar-refractivity contribution in [2.45, 2.75) is 33.3 Å². The first-order valence-corrected chi connectivity index (χ1v) is 5.13. The zero-order valence-corrected chi connectivity index (χ0v) is 9.87. The number of aryl methyl sites for hydroxylation is 2. The van der Waals surface area contributed by atoms with Gasteiger partial charge in [-0.15, -0.1) is 0 Å². The van der Waals surface area contributed by atoms with Crippen LogP contribution in [0.4, 0.5) is 0 Å². The fourth-order valence-corrected chi connectivity index (χ4v) is 1.82. The lowest BCUT2D eigenvalue weighted by atomic mass is 9.98. The number of hydrogen-bond donors (Lipinski definition) is 1. The zero-order valence-electron chi connectivity index (χ0n) is 9.87. The fourth-order valence-electron chi connectivity index (χ4n) is 1.82. The molecule has 1 rings (SSSR count). The van der Waals surface area contributed by atoms with Gasteiger partial charge in [0.25, 0.3) is 0 Å². The minimum absolute atomic E-state index is 0.307. The smallest absolute Gasteiger partial charge is 0.154 e. The lowest BCUT2D eigenvalue weighted by Crippen LogP contribution is -2.15. The lowest BCUT2D eigenvalue weighted by molar-refractivity contribution is 0.177. The molecule has 1 unspecified atom stereocenters. The summed E-state index contributed by atoms with van der Waals surface area (Å²) in [5.74, 6) is 1.04. The van der Waals surface area contributed by atoms with Crippen molar-refractivity contribution in [2.75, 3.05) is 13.7 Å². The highest BCUT2D eigenvalue weighted by Gasteiger charge is 2.13. The largest absolute Gasteiger partial charge is 0.377 e. The second-order valence-electron chi connectivity index (χ2n) is 3.79. The molecule has 4 nitrogen and oxygen atoms in total. The molecule has 2 N–H and O–H groups in total. The lowest BCUT2D eigenvalue weighted by Gasteiger charge is -2.15. The number of nitrogens with zero attached hydrogens (tertiary/aromatic N) is 2. The SMILES string of the molecule is COCc1nc(C)c(C(C)CN)c(C)n1. The van der Waals surface area contributed by atoms with Crippen molar-refractivity contribution in [3.8, 4) is 0 Å². The van der Waals surface area contributed by atoms with E-state index in [2.05, 4.69) is 16.9 Å². The molecule has 0 amide bonds. The molecule has 0 bridgehead atoms. The van der Waals surface area contributed by atoms with E-state index in [4.69, 9.17) is 10.5 Å². The summed E-state index contributed by atoms with van der Waals surface area (Å²) in [7, 11) is 1.64. The third kappa shape index (κ3) is 2.73. The van der Waals surface area contributed by atoms with Gasteiger partial charge in [-0.1, -0.05) is 6.92 Å². The first-order valence-electron chi connectivity index (χ1n) is 5.13. The van der Waals surface area contributed by atoms with E-state index >= 15 is 0 Å². The Labute approximate surface area is 90.9 Å². The molecular formula is C11H19N3O. The van der Waals surface area contributed by atoms with Crippen LogP contribution in [0.5, 0.6) is 0 Å². The van der Waals surface area contributed by atoms with E-state index in [1.165, 1.54) is 0 Å². The van der Waals surface area contributed by atoms with Gasteiger partial charge < -0.3 is 10.5 Å². The molecule has 4 heteroatoms. The Balaban J connectivity index is 3.09. The van der Waals surface area contributed by atoms with Crippen molar-refractivity contribution in [1.82, 2.24) is 9.97 Å². The molecule has 0 aliphatic carbocycles. The van der Waals surface area contributed by atoms with Crippen LogP contribution in [0.15, 0.2) is 0 Å². The summed E-state index contributed by atoms with van der Waals surface area (Å²) in [6, 6.07) is 0. The topological polar surface area (TPSA) is 61.0 Å². The molecule has 1 heterocycles. The fraction of sp³-hybridized carbons (Fsp3) is 0.636. The van der Waals surface area contributed by atoms with Crippen molar-refractivity contribution >= 4 is 0 Å². The Morgan fingerprint density at radius 2 is 1.80 bits per heavy atom. The molecule has 0 aromatic carbocycles. The summed E-state index contributed by atoms with van der Waals surface area (Å²) in [4.78, 5) is 8.80. The number of aromatic nitrogens is 2. The van der Waals surface area contributed by atoms with Gasteiger partial charge in [0.15, 0.2) is 5.82 Å².